The number of aliphatic hydroxyl groups is 1. The molecule has 1 N–H and O–H groups in total. The van der Waals surface area contributed by atoms with E-state index in [1.807, 2.05) is 25.1 Å². The zero-order valence-corrected chi connectivity index (χ0v) is 11.5. The van der Waals surface area contributed by atoms with E-state index in [4.69, 9.17) is 4.74 Å². The number of hydrogen-bond acceptors (Lipinski definition) is 3. The first-order valence-electron chi connectivity index (χ1n) is 6.09. The van der Waals surface area contributed by atoms with Crippen LogP contribution in [0.25, 0.3) is 0 Å². The SMILES string of the molecule is Cc1ccc([C@@H](C)O)c(OCCc2ccsc2)c1. The molecule has 96 valence electrons. The average Bonchev–Trinajstić information content (AvgIpc) is 2.82. The van der Waals surface area contributed by atoms with Crippen molar-refractivity contribution in [2.45, 2.75) is 26.4 Å². The van der Waals surface area contributed by atoms with E-state index in [0.717, 1.165) is 23.3 Å². The Balaban J connectivity index is 2.01. The lowest BCUT2D eigenvalue weighted by Crippen LogP contribution is -2.04. The van der Waals surface area contributed by atoms with E-state index in [-0.39, 0.29) is 0 Å². The maximum atomic E-state index is 9.70. The van der Waals surface area contributed by atoms with Gasteiger partial charge in [0.1, 0.15) is 5.75 Å². The van der Waals surface area contributed by atoms with Crippen molar-refractivity contribution in [2.75, 3.05) is 6.61 Å². The van der Waals surface area contributed by atoms with Gasteiger partial charge in [0.2, 0.25) is 0 Å². The van der Waals surface area contributed by atoms with Gasteiger partial charge >= 0.3 is 0 Å². The number of benzene rings is 1. The van der Waals surface area contributed by atoms with Crippen LogP contribution in [-0.4, -0.2) is 11.7 Å². The first-order chi connectivity index (χ1) is 8.66. The van der Waals surface area contributed by atoms with Crippen LogP contribution >= 0.6 is 11.3 Å². The molecule has 0 saturated carbocycles. The smallest absolute Gasteiger partial charge is 0.125 e. The Kier molecular flexibility index (Phi) is 4.39. The molecule has 0 aliphatic carbocycles. The molecule has 2 aromatic rings. The molecule has 0 amide bonds. The summed E-state index contributed by atoms with van der Waals surface area (Å²) in [5, 5.41) is 13.9. The van der Waals surface area contributed by atoms with E-state index in [1.165, 1.54) is 5.56 Å². The molecular weight excluding hydrogens is 244 g/mol. The molecule has 0 radical (unpaired) electrons. The number of thiophene rings is 1. The van der Waals surface area contributed by atoms with Crippen LogP contribution in [0.3, 0.4) is 0 Å². The second-order valence-electron chi connectivity index (χ2n) is 4.45. The van der Waals surface area contributed by atoms with Gasteiger partial charge in [-0.1, -0.05) is 12.1 Å². The van der Waals surface area contributed by atoms with Crippen molar-refractivity contribution in [2.24, 2.45) is 0 Å². The molecule has 0 spiro atoms. The highest BCUT2D eigenvalue weighted by molar-refractivity contribution is 7.07. The number of rotatable bonds is 5. The van der Waals surface area contributed by atoms with Crippen molar-refractivity contribution in [3.63, 3.8) is 0 Å². The van der Waals surface area contributed by atoms with Crippen molar-refractivity contribution < 1.29 is 9.84 Å². The predicted molar refractivity (Wildman–Crippen MR) is 75.3 cm³/mol. The third kappa shape index (κ3) is 3.34. The molecule has 1 heterocycles. The molecule has 0 aliphatic rings. The van der Waals surface area contributed by atoms with Crippen molar-refractivity contribution in [3.8, 4) is 5.75 Å². The number of hydrogen-bond donors (Lipinski definition) is 1. The minimum Gasteiger partial charge on any atom is -0.493 e. The van der Waals surface area contributed by atoms with Gasteiger partial charge < -0.3 is 9.84 Å². The first-order valence-corrected chi connectivity index (χ1v) is 7.03. The summed E-state index contributed by atoms with van der Waals surface area (Å²) in [6, 6.07) is 8.02. The van der Waals surface area contributed by atoms with Crippen molar-refractivity contribution in [1.82, 2.24) is 0 Å². The minimum atomic E-state index is -0.498. The van der Waals surface area contributed by atoms with Crippen LogP contribution in [0.2, 0.25) is 0 Å². The zero-order valence-electron chi connectivity index (χ0n) is 10.7. The van der Waals surface area contributed by atoms with Crippen molar-refractivity contribution >= 4 is 11.3 Å². The molecule has 3 heteroatoms. The summed E-state index contributed by atoms with van der Waals surface area (Å²) in [5.41, 5.74) is 3.29. The number of aliphatic hydroxyl groups excluding tert-OH is 1. The fourth-order valence-corrected chi connectivity index (χ4v) is 2.53. The van der Waals surface area contributed by atoms with Crippen molar-refractivity contribution in [1.29, 1.82) is 0 Å². The highest BCUT2D eigenvalue weighted by atomic mass is 32.1. The molecule has 0 aliphatic heterocycles. The zero-order chi connectivity index (χ0) is 13.0. The van der Waals surface area contributed by atoms with Crippen LogP contribution in [-0.2, 0) is 6.42 Å². The fourth-order valence-electron chi connectivity index (χ4n) is 1.83. The van der Waals surface area contributed by atoms with E-state index in [0.29, 0.717) is 6.61 Å². The predicted octanol–water partition coefficient (Wildman–Crippen LogP) is 3.73. The second kappa shape index (κ2) is 6.03. The van der Waals surface area contributed by atoms with Gasteiger partial charge in [-0.25, -0.2) is 0 Å². The van der Waals surface area contributed by atoms with E-state index in [2.05, 4.69) is 16.8 Å². The summed E-state index contributed by atoms with van der Waals surface area (Å²) in [7, 11) is 0. The highest BCUT2D eigenvalue weighted by Crippen LogP contribution is 2.26. The third-order valence-electron chi connectivity index (χ3n) is 2.85. The average molecular weight is 262 g/mol. The second-order valence-corrected chi connectivity index (χ2v) is 5.23. The molecule has 0 unspecified atom stereocenters. The van der Waals surface area contributed by atoms with E-state index in [1.54, 1.807) is 18.3 Å². The van der Waals surface area contributed by atoms with Gasteiger partial charge in [-0.2, -0.15) is 11.3 Å². The van der Waals surface area contributed by atoms with Gasteiger partial charge in [0.15, 0.2) is 0 Å². The van der Waals surface area contributed by atoms with Gasteiger partial charge in [0.05, 0.1) is 12.7 Å². The van der Waals surface area contributed by atoms with Crippen LogP contribution in [0.1, 0.15) is 29.7 Å². The van der Waals surface area contributed by atoms with Crippen LogP contribution in [0.4, 0.5) is 0 Å². The van der Waals surface area contributed by atoms with Gasteiger partial charge in [0, 0.05) is 12.0 Å². The Morgan fingerprint density at radius 1 is 1.33 bits per heavy atom. The number of ether oxygens (including phenoxy) is 1. The Morgan fingerprint density at radius 3 is 2.83 bits per heavy atom. The van der Waals surface area contributed by atoms with Crippen LogP contribution < -0.4 is 4.74 Å². The van der Waals surface area contributed by atoms with Crippen LogP contribution in [0.15, 0.2) is 35.0 Å². The topological polar surface area (TPSA) is 29.5 Å². The third-order valence-corrected chi connectivity index (χ3v) is 3.58. The molecule has 2 nitrogen and oxygen atoms in total. The van der Waals surface area contributed by atoms with Gasteiger partial charge in [-0.05, 0) is 47.9 Å². The van der Waals surface area contributed by atoms with Gasteiger partial charge in [-0.3, -0.25) is 0 Å². The Hall–Kier alpha value is -1.32. The summed E-state index contributed by atoms with van der Waals surface area (Å²) >= 11 is 1.70. The summed E-state index contributed by atoms with van der Waals surface area (Å²) in [4.78, 5) is 0. The molecular formula is C15H18O2S. The molecule has 0 fully saturated rings. The molecule has 1 aromatic carbocycles. The molecule has 0 bridgehead atoms. The molecule has 18 heavy (non-hydrogen) atoms. The van der Waals surface area contributed by atoms with Gasteiger partial charge in [-0.15, -0.1) is 0 Å². The van der Waals surface area contributed by atoms with E-state index in [9.17, 15) is 5.11 Å². The first kappa shape index (κ1) is 13.1. The Bertz CT molecular complexity index is 489. The molecule has 2 rings (SSSR count). The lowest BCUT2D eigenvalue weighted by atomic mass is 10.1. The van der Waals surface area contributed by atoms with Crippen LogP contribution in [0, 0.1) is 6.92 Å². The minimum absolute atomic E-state index is 0.498. The summed E-state index contributed by atoms with van der Waals surface area (Å²) < 4.78 is 5.80. The normalized spacial score (nSPS) is 12.4. The standard InChI is InChI=1S/C15H18O2S/c1-11-3-4-14(12(2)16)15(9-11)17-7-5-13-6-8-18-10-13/h3-4,6,8-10,12,16H,5,7H2,1-2H3/t12-/m1/s1. The van der Waals surface area contributed by atoms with Crippen molar-refractivity contribution in [3.05, 3.63) is 51.7 Å². The molecule has 1 aromatic heterocycles. The fraction of sp³-hybridized carbons (Fsp3) is 0.333. The van der Waals surface area contributed by atoms with E-state index >= 15 is 0 Å². The lowest BCUT2D eigenvalue weighted by Gasteiger charge is -2.14. The van der Waals surface area contributed by atoms with Gasteiger partial charge in [0.25, 0.3) is 0 Å². The monoisotopic (exact) mass is 262 g/mol. The lowest BCUT2D eigenvalue weighted by molar-refractivity contribution is 0.191. The number of aryl methyl sites for hydroxylation is 1. The summed E-state index contributed by atoms with van der Waals surface area (Å²) in [6.07, 6.45) is 0.401. The highest BCUT2D eigenvalue weighted by Gasteiger charge is 2.09. The maximum absolute atomic E-state index is 9.70. The largest absolute Gasteiger partial charge is 0.493 e. The maximum Gasteiger partial charge on any atom is 0.125 e. The molecule has 1 atom stereocenters. The van der Waals surface area contributed by atoms with Crippen LogP contribution in [0.5, 0.6) is 5.75 Å². The summed E-state index contributed by atoms with van der Waals surface area (Å²) in [5.74, 6) is 0.792. The summed E-state index contributed by atoms with van der Waals surface area (Å²) in [6.45, 7) is 4.42. The Morgan fingerprint density at radius 2 is 2.17 bits per heavy atom. The molecule has 0 saturated heterocycles. The van der Waals surface area contributed by atoms with E-state index < -0.39 is 6.10 Å². The quantitative estimate of drug-likeness (QED) is 0.889. The Labute approximate surface area is 112 Å².